The Morgan fingerprint density at radius 3 is 2.87 bits per heavy atom. The first-order valence-corrected chi connectivity index (χ1v) is 5.90. The van der Waals surface area contributed by atoms with E-state index in [2.05, 4.69) is 4.98 Å². The molecule has 0 saturated heterocycles. The summed E-state index contributed by atoms with van der Waals surface area (Å²) in [7, 11) is 0. The average Bonchev–Trinajstić information content (AvgIpc) is 2.62. The molecule has 3 nitrogen and oxygen atoms in total. The van der Waals surface area contributed by atoms with Gasteiger partial charge in [-0.25, -0.2) is 4.21 Å². The van der Waals surface area contributed by atoms with Gasteiger partial charge in [-0.2, -0.15) is 0 Å². The molecule has 1 aromatic carbocycles. The number of hydrogen-bond acceptors (Lipinski definition) is 2. The van der Waals surface area contributed by atoms with Crippen molar-refractivity contribution in [2.45, 2.75) is 24.8 Å². The number of aromatic nitrogens is 1. The second-order valence-corrected chi connectivity index (χ2v) is 4.74. The maximum absolute atomic E-state index is 11.7. The highest BCUT2D eigenvalue weighted by atomic mass is 32.2. The second kappa shape index (κ2) is 4.16. The van der Waals surface area contributed by atoms with Gasteiger partial charge in [0, 0.05) is 17.1 Å². The van der Waals surface area contributed by atoms with Gasteiger partial charge < -0.3 is 4.98 Å². The summed E-state index contributed by atoms with van der Waals surface area (Å²) in [5.41, 5.74) is 1.04. The van der Waals surface area contributed by atoms with Gasteiger partial charge in [0.15, 0.2) is 11.1 Å². The molecule has 1 unspecified atom stereocenters. The number of nitrogens with one attached hydrogen (secondary N) is 1. The smallest absolute Gasteiger partial charge is 0.189 e. The molecule has 0 aliphatic heterocycles. The van der Waals surface area contributed by atoms with Crippen LogP contribution in [0.1, 0.15) is 13.8 Å². The predicted molar refractivity (Wildman–Crippen MR) is 60.9 cm³/mol. The van der Waals surface area contributed by atoms with Gasteiger partial charge in [0.1, 0.15) is 0 Å². The van der Waals surface area contributed by atoms with E-state index in [9.17, 15) is 4.21 Å². The lowest BCUT2D eigenvalue weighted by atomic mass is 10.2. The summed E-state index contributed by atoms with van der Waals surface area (Å²) >= 11 is -1.37. The predicted octanol–water partition coefficient (Wildman–Crippen LogP) is 2.62. The molecule has 0 bridgehead atoms. The van der Waals surface area contributed by atoms with E-state index in [-0.39, 0.29) is 6.10 Å². The van der Waals surface area contributed by atoms with Crippen molar-refractivity contribution in [3.05, 3.63) is 30.5 Å². The summed E-state index contributed by atoms with van der Waals surface area (Å²) in [6, 6.07) is 7.55. The normalized spacial score (nSPS) is 13.5. The van der Waals surface area contributed by atoms with Gasteiger partial charge in [0.05, 0.1) is 11.0 Å². The van der Waals surface area contributed by atoms with Crippen molar-refractivity contribution >= 4 is 22.0 Å². The Labute approximate surface area is 91.1 Å². The fraction of sp³-hybridized carbons (Fsp3) is 0.273. The van der Waals surface area contributed by atoms with Crippen LogP contribution < -0.4 is 0 Å². The maximum Gasteiger partial charge on any atom is 0.189 e. The molecule has 0 radical (unpaired) electrons. The van der Waals surface area contributed by atoms with Crippen molar-refractivity contribution in [2.75, 3.05) is 0 Å². The minimum Gasteiger partial charge on any atom is -0.361 e. The van der Waals surface area contributed by atoms with E-state index in [0.29, 0.717) is 4.90 Å². The largest absolute Gasteiger partial charge is 0.361 e. The Kier molecular flexibility index (Phi) is 2.88. The zero-order chi connectivity index (χ0) is 10.8. The molecule has 1 heterocycles. The van der Waals surface area contributed by atoms with Crippen molar-refractivity contribution in [3.63, 3.8) is 0 Å². The van der Waals surface area contributed by atoms with Crippen LogP contribution in [0, 0.1) is 0 Å². The maximum atomic E-state index is 11.7. The summed E-state index contributed by atoms with van der Waals surface area (Å²) in [6.45, 7) is 3.74. The second-order valence-electron chi connectivity index (χ2n) is 3.61. The van der Waals surface area contributed by atoms with Gasteiger partial charge in [-0.1, -0.05) is 0 Å². The zero-order valence-electron chi connectivity index (χ0n) is 8.69. The van der Waals surface area contributed by atoms with Gasteiger partial charge in [-0.3, -0.25) is 4.18 Å². The van der Waals surface area contributed by atoms with Gasteiger partial charge >= 0.3 is 0 Å². The molecule has 15 heavy (non-hydrogen) atoms. The van der Waals surface area contributed by atoms with Crippen LogP contribution in [0.4, 0.5) is 0 Å². The molecule has 4 heteroatoms. The lowest BCUT2D eigenvalue weighted by molar-refractivity contribution is 0.270. The molecule has 0 aliphatic carbocycles. The Balaban J connectivity index is 2.31. The van der Waals surface area contributed by atoms with E-state index in [1.54, 1.807) is 0 Å². The molecule has 2 aromatic rings. The Hall–Kier alpha value is -1.13. The van der Waals surface area contributed by atoms with E-state index in [1.807, 2.05) is 44.3 Å². The van der Waals surface area contributed by atoms with Crippen LogP contribution in [0.25, 0.3) is 10.9 Å². The highest BCUT2D eigenvalue weighted by molar-refractivity contribution is 7.80. The van der Waals surface area contributed by atoms with E-state index in [0.717, 1.165) is 10.9 Å². The highest BCUT2D eigenvalue weighted by Crippen LogP contribution is 2.17. The minimum absolute atomic E-state index is 0.0345. The summed E-state index contributed by atoms with van der Waals surface area (Å²) in [4.78, 5) is 3.79. The molecular weight excluding hydrogens is 210 g/mol. The number of H-pyrrole nitrogens is 1. The molecule has 1 N–H and O–H groups in total. The Bertz CT molecular complexity index is 490. The molecule has 0 saturated carbocycles. The first-order valence-electron chi connectivity index (χ1n) is 4.83. The quantitative estimate of drug-likeness (QED) is 0.869. The van der Waals surface area contributed by atoms with Crippen molar-refractivity contribution in [1.29, 1.82) is 0 Å². The third-order valence-electron chi connectivity index (χ3n) is 2.00. The molecule has 2 rings (SSSR count). The minimum atomic E-state index is -1.37. The van der Waals surface area contributed by atoms with Crippen LogP contribution in [0.3, 0.4) is 0 Å². The van der Waals surface area contributed by atoms with E-state index in [1.165, 1.54) is 0 Å². The van der Waals surface area contributed by atoms with Crippen LogP contribution in [-0.2, 0) is 15.3 Å². The number of rotatable bonds is 3. The average molecular weight is 223 g/mol. The topological polar surface area (TPSA) is 42.1 Å². The number of aromatic amines is 1. The van der Waals surface area contributed by atoms with Crippen LogP contribution in [0.15, 0.2) is 35.4 Å². The molecule has 0 aliphatic rings. The third-order valence-corrected chi connectivity index (χ3v) is 3.20. The van der Waals surface area contributed by atoms with Crippen molar-refractivity contribution in [2.24, 2.45) is 0 Å². The fourth-order valence-corrected chi connectivity index (χ4v) is 2.23. The van der Waals surface area contributed by atoms with Crippen molar-refractivity contribution in [1.82, 2.24) is 4.98 Å². The van der Waals surface area contributed by atoms with Crippen molar-refractivity contribution < 1.29 is 8.39 Å². The monoisotopic (exact) mass is 223 g/mol. The first kappa shape index (κ1) is 10.4. The molecule has 0 amide bonds. The number of benzene rings is 1. The van der Waals surface area contributed by atoms with E-state index < -0.39 is 11.1 Å². The standard InChI is InChI=1S/C11H13NO2S/c1-8(2)14-15(13)10-3-4-11-9(7-10)5-6-12-11/h3-8,12H,1-2H3. The molecule has 1 atom stereocenters. The Morgan fingerprint density at radius 2 is 2.13 bits per heavy atom. The lowest BCUT2D eigenvalue weighted by Crippen LogP contribution is -2.05. The molecule has 80 valence electrons. The summed E-state index contributed by atoms with van der Waals surface area (Å²) in [5, 5.41) is 1.05. The van der Waals surface area contributed by atoms with Crippen molar-refractivity contribution in [3.8, 4) is 0 Å². The summed E-state index contributed by atoms with van der Waals surface area (Å²) < 4.78 is 16.9. The first-order chi connectivity index (χ1) is 7.16. The molecular formula is C11H13NO2S. The third kappa shape index (κ3) is 2.27. The van der Waals surface area contributed by atoms with Gasteiger partial charge in [-0.05, 0) is 38.1 Å². The Morgan fingerprint density at radius 1 is 1.33 bits per heavy atom. The summed E-state index contributed by atoms with van der Waals surface area (Å²) in [6.07, 6.45) is 1.83. The zero-order valence-corrected chi connectivity index (χ0v) is 9.51. The van der Waals surface area contributed by atoms with E-state index >= 15 is 0 Å². The summed E-state index contributed by atoms with van der Waals surface area (Å²) in [5.74, 6) is 0. The fourth-order valence-electron chi connectivity index (χ4n) is 1.37. The lowest BCUT2D eigenvalue weighted by Gasteiger charge is -2.06. The highest BCUT2D eigenvalue weighted by Gasteiger charge is 2.07. The SMILES string of the molecule is CC(C)OS(=O)c1ccc2[nH]ccc2c1. The molecule has 0 fully saturated rings. The van der Waals surface area contributed by atoms with Crippen LogP contribution in [0.5, 0.6) is 0 Å². The molecule has 1 aromatic heterocycles. The van der Waals surface area contributed by atoms with E-state index in [4.69, 9.17) is 4.18 Å². The van der Waals surface area contributed by atoms with Crippen LogP contribution in [-0.4, -0.2) is 15.3 Å². The van der Waals surface area contributed by atoms with Gasteiger partial charge in [0.2, 0.25) is 0 Å². The number of hydrogen-bond donors (Lipinski definition) is 1. The van der Waals surface area contributed by atoms with Crippen LogP contribution >= 0.6 is 0 Å². The van der Waals surface area contributed by atoms with Gasteiger partial charge in [-0.15, -0.1) is 0 Å². The number of fused-ring (bicyclic) bond motifs is 1. The molecule has 0 spiro atoms. The van der Waals surface area contributed by atoms with Crippen LogP contribution in [0.2, 0.25) is 0 Å². The van der Waals surface area contributed by atoms with Gasteiger partial charge in [0.25, 0.3) is 0 Å².